The summed E-state index contributed by atoms with van der Waals surface area (Å²) >= 11 is 0. The number of benzene rings is 1. The molecule has 0 amide bonds. The van der Waals surface area contributed by atoms with Crippen LogP contribution in [0, 0.1) is 11.7 Å². The first-order chi connectivity index (χ1) is 10.1. The third-order valence-electron chi connectivity index (χ3n) is 4.93. The Morgan fingerprint density at radius 3 is 2.67 bits per heavy atom. The van der Waals surface area contributed by atoms with Crippen LogP contribution in [0.25, 0.3) is 0 Å². The van der Waals surface area contributed by atoms with Crippen LogP contribution in [-0.2, 0) is 11.2 Å². The van der Waals surface area contributed by atoms with E-state index in [1.165, 1.54) is 5.56 Å². The Morgan fingerprint density at radius 2 is 1.95 bits per heavy atom. The molecule has 4 heteroatoms. The van der Waals surface area contributed by atoms with Crippen LogP contribution in [0.2, 0.25) is 0 Å². The first-order valence-corrected chi connectivity index (χ1v) is 7.90. The summed E-state index contributed by atoms with van der Waals surface area (Å²) in [6, 6.07) is 5.79. The highest BCUT2D eigenvalue weighted by atomic mass is 19.1. The fourth-order valence-corrected chi connectivity index (χ4v) is 3.75. The lowest BCUT2D eigenvalue weighted by atomic mass is 9.83. The molecule has 1 fully saturated rings. The molecule has 0 aliphatic heterocycles. The Bertz CT molecular complexity index is 524. The third-order valence-corrected chi connectivity index (χ3v) is 4.93. The molecule has 1 unspecified atom stereocenters. The fourth-order valence-electron chi connectivity index (χ4n) is 3.75. The molecule has 114 valence electrons. The number of halogens is 1. The fraction of sp³-hybridized carbons (Fsp3) is 0.588. The molecule has 3 rings (SSSR count). The summed E-state index contributed by atoms with van der Waals surface area (Å²) in [5, 5.41) is 12.7. The molecule has 1 aromatic carbocycles. The Balaban J connectivity index is 1.64. The first-order valence-electron chi connectivity index (χ1n) is 7.90. The minimum absolute atomic E-state index is 0.156. The minimum atomic E-state index is -0.660. The average Bonchev–Trinajstić information content (AvgIpc) is 2.47. The molecule has 1 saturated carbocycles. The summed E-state index contributed by atoms with van der Waals surface area (Å²) in [5.41, 5.74) is 2.35. The van der Waals surface area contributed by atoms with Crippen LogP contribution >= 0.6 is 0 Å². The van der Waals surface area contributed by atoms with Crippen LogP contribution in [0.4, 0.5) is 4.39 Å². The summed E-state index contributed by atoms with van der Waals surface area (Å²) in [6.45, 7) is 0. The molecule has 21 heavy (non-hydrogen) atoms. The van der Waals surface area contributed by atoms with E-state index in [4.69, 9.17) is 5.11 Å². The van der Waals surface area contributed by atoms with Gasteiger partial charge >= 0.3 is 5.97 Å². The van der Waals surface area contributed by atoms with Gasteiger partial charge in [0.15, 0.2) is 0 Å². The number of carbonyl (C=O) groups is 1. The first kappa shape index (κ1) is 14.5. The van der Waals surface area contributed by atoms with Gasteiger partial charge in [0.05, 0.1) is 5.92 Å². The Kier molecular flexibility index (Phi) is 4.24. The van der Waals surface area contributed by atoms with Crippen molar-refractivity contribution in [3.63, 3.8) is 0 Å². The molecule has 1 atom stereocenters. The van der Waals surface area contributed by atoms with Crippen molar-refractivity contribution in [2.24, 2.45) is 5.92 Å². The molecule has 0 aromatic heterocycles. The number of aryl methyl sites for hydroxylation is 1. The van der Waals surface area contributed by atoms with Gasteiger partial charge in [0, 0.05) is 12.1 Å². The van der Waals surface area contributed by atoms with Crippen molar-refractivity contribution in [2.45, 2.75) is 57.0 Å². The second-order valence-electron chi connectivity index (χ2n) is 6.34. The van der Waals surface area contributed by atoms with E-state index in [0.29, 0.717) is 12.1 Å². The highest BCUT2D eigenvalue weighted by Crippen LogP contribution is 2.33. The monoisotopic (exact) mass is 291 g/mol. The average molecular weight is 291 g/mol. The van der Waals surface area contributed by atoms with Gasteiger partial charge in [-0.2, -0.15) is 0 Å². The maximum absolute atomic E-state index is 13.3. The molecule has 1 aromatic rings. The van der Waals surface area contributed by atoms with Gasteiger partial charge in [-0.25, -0.2) is 4.39 Å². The lowest BCUT2D eigenvalue weighted by molar-refractivity contribution is -0.142. The van der Waals surface area contributed by atoms with Gasteiger partial charge in [0.2, 0.25) is 0 Å². The Hall–Kier alpha value is -1.42. The van der Waals surface area contributed by atoms with E-state index < -0.39 is 5.97 Å². The van der Waals surface area contributed by atoms with Crippen LogP contribution in [0.15, 0.2) is 18.2 Å². The molecule has 0 bridgehead atoms. The molecule has 0 spiro atoms. The maximum Gasteiger partial charge on any atom is 0.306 e. The lowest BCUT2D eigenvalue weighted by Gasteiger charge is -2.33. The lowest BCUT2D eigenvalue weighted by Crippen LogP contribution is -2.38. The van der Waals surface area contributed by atoms with Crippen molar-refractivity contribution in [1.82, 2.24) is 5.32 Å². The molecule has 2 aliphatic carbocycles. The minimum Gasteiger partial charge on any atom is -0.481 e. The van der Waals surface area contributed by atoms with E-state index in [-0.39, 0.29) is 11.7 Å². The van der Waals surface area contributed by atoms with Crippen molar-refractivity contribution < 1.29 is 14.3 Å². The summed E-state index contributed by atoms with van der Waals surface area (Å²) in [5.74, 6) is -0.987. The molecule has 0 saturated heterocycles. The van der Waals surface area contributed by atoms with Gasteiger partial charge in [0.25, 0.3) is 0 Å². The molecular weight excluding hydrogens is 269 g/mol. The second kappa shape index (κ2) is 6.14. The molecule has 2 N–H and O–H groups in total. The predicted octanol–water partition coefficient (Wildman–Crippen LogP) is 3.44. The SMILES string of the molecule is O=C(O)C1CCC(NC2CCCc3cc(F)ccc32)CC1. The third kappa shape index (κ3) is 3.26. The van der Waals surface area contributed by atoms with Crippen molar-refractivity contribution in [2.75, 3.05) is 0 Å². The van der Waals surface area contributed by atoms with Crippen molar-refractivity contribution in [1.29, 1.82) is 0 Å². The van der Waals surface area contributed by atoms with E-state index in [9.17, 15) is 9.18 Å². The van der Waals surface area contributed by atoms with Crippen molar-refractivity contribution in [3.8, 4) is 0 Å². The Morgan fingerprint density at radius 1 is 1.19 bits per heavy atom. The van der Waals surface area contributed by atoms with Crippen LogP contribution < -0.4 is 5.32 Å². The zero-order valence-electron chi connectivity index (χ0n) is 12.1. The van der Waals surface area contributed by atoms with E-state index in [2.05, 4.69) is 5.32 Å². The largest absolute Gasteiger partial charge is 0.481 e. The van der Waals surface area contributed by atoms with E-state index in [0.717, 1.165) is 50.5 Å². The van der Waals surface area contributed by atoms with Gasteiger partial charge in [-0.1, -0.05) is 6.07 Å². The number of carboxylic acid groups (broad SMARTS) is 1. The normalized spacial score (nSPS) is 28.9. The summed E-state index contributed by atoms with van der Waals surface area (Å²) < 4.78 is 13.3. The van der Waals surface area contributed by atoms with Crippen LogP contribution in [0.1, 0.15) is 55.7 Å². The Labute approximate surface area is 124 Å². The molecule has 3 nitrogen and oxygen atoms in total. The predicted molar refractivity (Wildman–Crippen MR) is 78.6 cm³/mol. The summed E-state index contributed by atoms with van der Waals surface area (Å²) in [4.78, 5) is 11.0. The molecular formula is C17H22FNO2. The van der Waals surface area contributed by atoms with Crippen molar-refractivity contribution in [3.05, 3.63) is 35.1 Å². The summed E-state index contributed by atoms with van der Waals surface area (Å²) in [6.07, 6.45) is 6.48. The summed E-state index contributed by atoms with van der Waals surface area (Å²) in [7, 11) is 0. The molecule has 0 heterocycles. The number of fused-ring (bicyclic) bond motifs is 1. The number of nitrogens with one attached hydrogen (secondary N) is 1. The number of rotatable bonds is 3. The van der Waals surface area contributed by atoms with Crippen molar-refractivity contribution >= 4 is 5.97 Å². The van der Waals surface area contributed by atoms with Gasteiger partial charge in [-0.05, 0) is 68.2 Å². The quantitative estimate of drug-likeness (QED) is 0.897. The highest BCUT2D eigenvalue weighted by Gasteiger charge is 2.28. The smallest absolute Gasteiger partial charge is 0.306 e. The van der Waals surface area contributed by atoms with Gasteiger partial charge in [0.1, 0.15) is 5.82 Å². The highest BCUT2D eigenvalue weighted by molar-refractivity contribution is 5.70. The van der Waals surface area contributed by atoms with Gasteiger partial charge in [-0.3, -0.25) is 4.79 Å². The zero-order chi connectivity index (χ0) is 14.8. The van der Waals surface area contributed by atoms with Gasteiger partial charge in [-0.15, -0.1) is 0 Å². The van der Waals surface area contributed by atoms with E-state index >= 15 is 0 Å². The van der Waals surface area contributed by atoms with Crippen LogP contribution in [0.3, 0.4) is 0 Å². The number of aliphatic carboxylic acids is 1. The second-order valence-corrected chi connectivity index (χ2v) is 6.34. The number of hydrogen-bond acceptors (Lipinski definition) is 2. The standard InChI is InChI=1S/C17H22FNO2/c18-13-6-9-15-12(10-13)2-1-3-16(15)19-14-7-4-11(5-8-14)17(20)21/h6,9-11,14,16,19H,1-5,7-8H2,(H,20,21). The molecule has 2 aliphatic rings. The van der Waals surface area contributed by atoms with E-state index in [1.807, 2.05) is 6.07 Å². The van der Waals surface area contributed by atoms with E-state index in [1.54, 1.807) is 12.1 Å². The topological polar surface area (TPSA) is 49.3 Å². The zero-order valence-corrected chi connectivity index (χ0v) is 12.1. The van der Waals surface area contributed by atoms with Crippen LogP contribution in [-0.4, -0.2) is 17.1 Å². The van der Waals surface area contributed by atoms with Gasteiger partial charge < -0.3 is 10.4 Å². The molecule has 0 radical (unpaired) electrons. The number of carboxylic acids is 1. The maximum atomic E-state index is 13.3. The number of hydrogen-bond donors (Lipinski definition) is 2. The van der Waals surface area contributed by atoms with Crippen LogP contribution in [0.5, 0.6) is 0 Å².